The summed E-state index contributed by atoms with van der Waals surface area (Å²) < 4.78 is 23.1. The van der Waals surface area contributed by atoms with E-state index >= 15 is 0 Å². The second kappa shape index (κ2) is 4.86. The number of fused-ring (bicyclic) bond motifs is 3. The highest BCUT2D eigenvalue weighted by atomic mass is 16.7. The molecule has 0 saturated carbocycles. The van der Waals surface area contributed by atoms with Crippen molar-refractivity contribution in [3.63, 3.8) is 0 Å². The van der Waals surface area contributed by atoms with Crippen LogP contribution in [0.3, 0.4) is 0 Å². The Kier molecular flexibility index (Phi) is 3.06. The Hall–Kier alpha value is -1.78. The second-order valence-corrected chi connectivity index (χ2v) is 5.53. The molecule has 1 aromatic carbocycles. The zero-order valence-electron chi connectivity index (χ0n) is 11.9. The average Bonchev–Trinajstić information content (AvgIpc) is 3.21. The molecule has 3 aliphatic rings. The van der Waals surface area contributed by atoms with E-state index in [1.54, 1.807) is 6.07 Å². The number of Topliss-reactive ketones (excluding diaryl/α,β-unsaturated/α-hetero) is 1. The fraction of sp³-hybridized carbons (Fsp3) is 0.500. The zero-order valence-corrected chi connectivity index (χ0v) is 11.9. The summed E-state index contributed by atoms with van der Waals surface area (Å²) in [5.41, 5.74) is 1.23. The number of nitrogens with zero attached hydrogens (tertiary/aromatic N) is 1. The Balaban J connectivity index is 1.98. The minimum Gasteiger partial charge on any atom is -0.342 e. The maximum atomic E-state index is 12.8. The Bertz CT molecular complexity index is 653. The summed E-state index contributed by atoms with van der Waals surface area (Å²) in [5, 5.41) is 9.57. The predicted molar refractivity (Wildman–Crippen MR) is 72.3 cm³/mol. The first-order valence-electron chi connectivity index (χ1n) is 7.32. The second-order valence-electron chi connectivity index (χ2n) is 5.53. The van der Waals surface area contributed by atoms with Crippen molar-refractivity contribution in [2.75, 3.05) is 26.4 Å². The van der Waals surface area contributed by atoms with Crippen molar-refractivity contribution in [3.05, 3.63) is 35.4 Å². The van der Waals surface area contributed by atoms with Crippen molar-refractivity contribution in [3.8, 4) is 6.07 Å². The molecule has 1 atom stereocenters. The standard InChI is InChI=1S/C16H15NO5/c17-10-11-9-14(18)16(21-7-8-22-16)13-4-2-1-3-12(13)15(11)19-5-6-20-15/h1-4,11H,5-9H2/t11-/m0/s1. The summed E-state index contributed by atoms with van der Waals surface area (Å²) in [6, 6.07) is 9.42. The van der Waals surface area contributed by atoms with Gasteiger partial charge in [-0.1, -0.05) is 24.3 Å². The number of rotatable bonds is 0. The molecule has 114 valence electrons. The molecule has 2 aliphatic heterocycles. The monoisotopic (exact) mass is 301 g/mol. The maximum Gasteiger partial charge on any atom is 0.257 e. The first-order valence-corrected chi connectivity index (χ1v) is 7.32. The number of carbonyl (C=O) groups is 1. The van der Waals surface area contributed by atoms with E-state index in [1.165, 1.54) is 0 Å². The van der Waals surface area contributed by atoms with Gasteiger partial charge in [0.2, 0.25) is 5.79 Å². The quantitative estimate of drug-likeness (QED) is 0.716. The number of ether oxygens (including phenoxy) is 4. The van der Waals surface area contributed by atoms with E-state index in [4.69, 9.17) is 18.9 Å². The molecule has 4 rings (SSSR count). The molecule has 0 radical (unpaired) electrons. The molecule has 0 bridgehead atoms. The number of ketones is 1. The van der Waals surface area contributed by atoms with Gasteiger partial charge in [0.15, 0.2) is 5.78 Å². The molecule has 0 aromatic heterocycles. The Morgan fingerprint density at radius 2 is 1.59 bits per heavy atom. The van der Waals surface area contributed by atoms with Gasteiger partial charge in [0, 0.05) is 17.5 Å². The van der Waals surface area contributed by atoms with E-state index < -0.39 is 17.5 Å². The van der Waals surface area contributed by atoms with Gasteiger partial charge in [-0.3, -0.25) is 4.79 Å². The van der Waals surface area contributed by atoms with E-state index in [0.29, 0.717) is 37.6 Å². The molecule has 2 spiro atoms. The number of hydrogen-bond acceptors (Lipinski definition) is 6. The smallest absolute Gasteiger partial charge is 0.257 e. The van der Waals surface area contributed by atoms with Crippen LogP contribution in [0.15, 0.2) is 24.3 Å². The van der Waals surface area contributed by atoms with Crippen LogP contribution in [0.2, 0.25) is 0 Å². The molecule has 6 nitrogen and oxygen atoms in total. The molecule has 2 fully saturated rings. The van der Waals surface area contributed by atoms with E-state index in [9.17, 15) is 10.1 Å². The van der Waals surface area contributed by atoms with Gasteiger partial charge in [-0.2, -0.15) is 5.26 Å². The van der Waals surface area contributed by atoms with Gasteiger partial charge >= 0.3 is 0 Å². The molecular weight excluding hydrogens is 286 g/mol. The lowest BCUT2D eigenvalue weighted by Crippen LogP contribution is -2.37. The van der Waals surface area contributed by atoms with Crippen LogP contribution in [-0.2, 0) is 35.3 Å². The molecule has 2 saturated heterocycles. The van der Waals surface area contributed by atoms with Gasteiger partial charge < -0.3 is 18.9 Å². The first-order chi connectivity index (χ1) is 10.7. The van der Waals surface area contributed by atoms with Gasteiger partial charge in [-0.25, -0.2) is 0 Å². The topological polar surface area (TPSA) is 77.8 Å². The third-order valence-corrected chi connectivity index (χ3v) is 4.44. The summed E-state index contributed by atoms with van der Waals surface area (Å²) in [6.07, 6.45) is -0.0365. The van der Waals surface area contributed by atoms with Gasteiger partial charge in [-0.05, 0) is 0 Å². The fourth-order valence-electron chi connectivity index (χ4n) is 3.51. The summed E-state index contributed by atoms with van der Waals surface area (Å²) in [4.78, 5) is 12.8. The van der Waals surface area contributed by atoms with Crippen LogP contribution in [0, 0.1) is 17.2 Å². The summed E-state index contributed by atoms with van der Waals surface area (Å²) in [6.45, 7) is 1.45. The van der Waals surface area contributed by atoms with Crippen LogP contribution in [0.25, 0.3) is 0 Å². The Morgan fingerprint density at radius 1 is 1.00 bits per heavy atom. The van der Waals surface area contributed by atoms with Crippen molar-refractivity contribution >= 4 is 5.78 Å². The van der Waals surface area contributed by atoms with Gasteiger partial charge in [0.05, 0.1) is 32.5 Å². The van der Waals surface area contributed by atoms with Crippen LogP contribution < -0.4 is 0 Å². The number of nitriles is 1. The third kappa shape index (κ3) is 1.65. The van der Waals surface area contributed by atoms with E-state index in [0.717, 1.165) is 0 Å². The van der Waals surface area contributed by atoms with Crippen LogP contribution in [-0.4, -0.2) is 32.2 Å². The van der Waals surface area contributed by atoms with Crippen molar-refractivity contribution in [2.24, 2.45) is 5.92 Å². The molecule has 2 heterocycles. The molecule has 0 amide bonds. The van der Waals surface area contributed by atoms with Crippen LogP contribution in [0.5, 0.6) is 0 Å². The zero-order chi connectivity index (χ0) is 15.2. The van der Waals surface area contributed by atoms with Crippen molar-refractivity contribution in [1.29, 1.82) is 5.26 Å². The number of benzene rings is 1. The van der Waals surface area contributed by atoms with Crippen molar-refractivity contribution < 1.29 is 23.7 Å². The minimum absolute atomic E-state index is 0.0365. The molecule has 0 unspecified atom stereocenters. The molecule has 6 heteroatoms. The average molecular weight is 301 g/mol. The van der Waals surface area contributed by atoms with Gasteiger partial charge in [0.25, 0.3) is 5.79 Å². The van der Waals surface area contributed by atoms with Crippen LogP contribution >= 0.6 is 0 Å². The van der Waals surface area contributed by atoms with E-state index in [2.05, 4.69) is 6.07 Å². The summed E-state index contributed by atoms with van der Waals surface area (Å²) >= 11 is 0. The molecule has 1 aromatic rings. The van der Waals surface area contributed by atoms with Crippen LogP contribution in [0.4, 0.5) is 0 Å². The van der Waals surface area contributed by atoms with Gasteiger partial charge in [-0.15, -0.1) is 0 Å². The fourth-order valence-corrected chi connectivity index (χ4v) is 3.51. The molecule has 0 N–H and O–H groups in total. The predicted octanol–water partition coefficient (Wildman–Crippen LogP) is 1.20. The highest BCUT2D eigenvalue weighted by molar-refractivity contribution is 5.89. The minimum atomic E-state index is -1.44. The lowest BCUT2D eigenvalue weighted by molar-refractivity contribution is -0.193. The van der Waals surface area contributed by atoms with Crippen molar-refractivity contribution in [1.82, 2.24) is 0 Å². The van der Waals surface area contributed by atoms with E-state index in [1.807, 2.05) is 18.2 Å². The number of carbonyl (C=O) groups excluding carboxylic acids is 1. The normalized spacial score (nSPS) is 28.5. The summed E-state index contributed by atoms with van der Waals surface area (Å²) in [7, 11) is 0. The lowest BCUT2D eigenvalue weighted by atomic mass is 9.90. The third-order valence-electron chi connectivity index (χ3n) is 4.44. The van der Waals surface area contributed by atoms with Crippen LogP contribution in [0.1, 0.15) is 17.5 Å². The summed E-state index contributed by atoms with van der Waals surface area (Å²) in [5.74, 6) is -3.67. The van der Waals surface area contributed by atoms with Crippen molar-refractivity contribution in [2.45, 2.75) is 18.0 Å². The SMILES string of the molecule is N#C[C@@H]1CC(=O)C2(OCCO2)c2ccccc2C12OCCO2. The Morgan fingerprint density at radius 3 is 2.23 bits per heavy atom. The number of hydrogen-bond donors (Lipinski definition) is 0. The molecular formula is C16H15NO5. The first kappa shape index (κ1) is 13.9. The molecule has 1 aliphatic carbocycles. The highest BCUT2D eigenvalue weighted by Gasteiger charge is 2.59. The highest BCUT2D eigenvalue weighted by Crippen LogP contribution is 2.50. The largest absolute Gasteiger partial charge is 0.342 e. The van der Waals surface area contributed by atoms with Gasteiger partial charge in [0.1, 0.15) is 5.92 Å². The maximum absolute atomic E-state index is 12.8. The molecule has 22 heavy (non-hydrogen) atoms. The van der Waals surface area contributed by atoms with E-state index in [-0.39, 0.29) is 12.2 Å². The Labute approximate surface area is 127 Å². The lowest BCUT2D eigenvalue weighted by Gasteiger charge is -2.32.